The molecule has 0 aliphatic carbocycles. The van der Waals surface area contributed by atoms with E-state index < -0.39 is 32.5 Å². The third-order valence-corrected chi connectivity index (χ3v) is 9.35. The van der Waals surface area contributed by atoms with Gasteiger partial charge in [0.05, 0.1) is 6.61 Å². The van der Waals surface area contributed by atoms with Crippen molar-refractivity contribution in [3.8, 4) is 0 Å². The topological polar surface area (TPSA) is 119 Å². The van der Waals surface area contributed by atoms with E-state index in [-0.39, 0.29) is 19.4 Å². The SMILES string of the molecule is CC/C=C\C/C=C\C/C=C\C/C=C\CCCCCCC(=O)OC[C@H](COP(=O)(O)O)OC(=O)CCCCCCCCCCCCCCCCCCC. The minimum Gasteiger partial charge on any atom is -0.462 e. The first-order chi connectivity index (χ1) is 25.3. The Morgan fingerprint density at radius 1 is 0.519 bits per heavy atom. The van der Waals surface area contributed by atoms with Gasteiger partial charge in [0.25, 0.3) is 0 Å². The van der Waals surface area contributed by atoms with Gasteiger partial charge in [0.15, 0.2) is 6.10 Å². The van der Waals surface area contributed by atoms with Crippen LogP contribution in [0.25, 0.3) is 0 Å². The Morgan fingerprint density at radius 3 is 1.38 bits per heavy atom. The molecule has 0 aliphatic heterocycles. The van der Waals surface area contributed by atoms with Crippen LogP contribution in [0.4, 0.5) is 0 Å². The summed E-state index contributed by atoms with van der Waals surface area (Å²) in [5.41, 5.74) is 0. The Balaban J connectivity index is 3.95. The molecule has 8 nitrogen and oxygen atoms in total. The molecule has 0 bridgehead atoms. The van der Waals surface area contributed by atoms with Crippen molar-refractivity contribution in [2.75, 3.05) is 13.2 Å². The van der Waals surface area contributed by atoms with E-state index in [0.29, 0.717) is 12.8 Å². The lowest BCUT2D eigenvalue weighted by Crippen LogP contribution is -2.29. The summed E-state index contributed by atoms with van der Waals surface area (Å²) in [6.45, 7) is 3.56. The number of esters is 2. The molecule has 0 radical (unpaired) electrons. The maximum absolute atomic E-state index is 12.4. The van der Waals surface area contributed by atoms with Gasteiger partial charge in [-0.3, -0.25) is 14.1 Å². The number of rotatable bonds is 38. The number of carbonyl (C=O) groups is 2. The zero-order valence-electron chi connectivity index (χ0n) is 33.2. The molecule has 0 aromatic heterocycles. The number of phosphoric acid groups is 1. The van der Waals surface area contributed by atoms with Crippen molar-refractivity contribution in [1.29, 1.82) is 0 Å². The van der Waals surface area contributed by atoms with Crippen LogP contribution in [0.1, 0.15) is 194 Å². The molecule has 0 aromatic carbocycles. The molecule has 0 amide bonds. The average molecular weight is 753 g/mol. The van der Waals surface area contributed by atoms with Crippen LogP contribution in [-0.4, -0.2) is 41.0 Å². The van der Waals surface area contributed by atoms with E-state index in [9.17, 15) is 14.2 Å². The Bertz CT molecular complexity index is 984. The minimum absolute atomic E-state index is 0.208. The number of ether oxygens (including phenoxy) is 2. The summed E-state index contributed by atoms with van der Waals surface area (Å²) in [5.74, 6) is -0.908. The Morgan fingerprint density at radius 2 is 0.923 bits per heavy atom. The average Bonchev–Trinajstić information content (AvgIpc) is 3.11. The van der Waals surface area contributed by atoms with Crippen LogP contribution in [0.3, 0.4) is 0 Å². The van der Waals surface area contributed by atoms with Gasteiger partial charge in [0.1, 0.15) is 6.61 Å². The molecule has 2 N–H and O–H groups in total. The minimum atomic E-state index is -4.76. The maximum atomic E-state index is 12.4. The van der Waals surface area contributed by atoms with E-state index in [1.54, 1.807) is 0 Å². The second-order valence-electron chi connectivity index (χ2n) is 13.9. The fraction of sp³-hybridized carbons (Fsp3) is 0.767. The van der Waals surface area contributed by atoms with Crippen molar-refractivity contribution in [1.82, 2.24) is 0 Å². The predicted molar refractivity (Wildman–Crippen MR) is 216 cm³/mol. The van der Waals surface area contributed by atoms with Crippen molar-refractivity contribution in [2.45, 2.75) is 200 Å². The first kappa shape index (κ1) is 50.0. The summed E-state index contributed by atoms with van der Waals surface area (Å²) in [5, 5.41) is 0. The van der Waals surface area contributed by atoms with Crippen LogP contribution >= 0.6 is 7.82 Å². The van der Waals surface area contributed by atoms with Crippen molar-refractivity contribution < 1.29 is 37.9 Å². The monoisotopic (exact) mass is 753 g/mol. The van der Waals surface area contributed by atoms with Crippen LogP contribution in [0.5, 0.6) is 0 Å². The van der Waals surface area contributed by atoms with E-state index >= 15 is 0 Å². The zero-order chi connectivity index (χ0) is 38.2. The quantitative estimate of drug-likeness (QED) is 0.0277. The molecule has 0 spiro atoms. The molecule has 1 atom stereocenters. The molecule has 302 valence electrons. The summed E-state index contributed by atoms with van der Waals surface area (Å²) in [6, 6.07) is 0. The number of hydrogen-bond donors (Lipinski definition) is 2. The highest BCUT2D eigenvalue weighted by atomic mass is 31.2. The van der Waals surface area contributed by atoms with E-state index in [2.05, 4.69) is 67.0 Å². The Kier molecular flexibility index (Phi) is 37.2. The van der Waals surface area contributed by atoms with Gasteiger partial charge < -0.3 is 19.3 Å². The van der Waals surface area contributed by atoms with Gasteiger partial charge in [-0.05, 0) is 51.4 Å². The predicted octanol–water partition coefficient (Wildman–Crippen LogP) is 12.7. The van der Waals surface area contributed by atoms with E-state index in [0.717, 1.165) is 70.6 Å². The molecular weight excluding hydrogens is 675 g/mol. The molecule has 0 heterocycles. The van der Waals surface area contributed by atoms with Crippen LogP contribution in [0.2, 0.25) is 0 Å². The lowest BCUT2D eigenvalue weighted by molar-refractivity contribution is -0.161. The van der Waals surface area contributed by atoms with E-state index in [4.69, 9.17) is 19.3 Å². The van der Waals surface area contributed by atoms with Crippen LogP contribution in [-0.2, 0) is 28.2 Å². The summed E-state index contributed by atoms with van der Waals surface area (Å²) >= 11 is 0. The molecule has 0 aromatic rings. The first-order valence-electron chi connectivity index (χ1n) is 20.9. The van der Waals surface area contributed by atoms with Gasteiger partial charge in [-0.15, -0.1) is 0 Å². The maximum Gasteiger partial charge on any atom is 0.469 e. The number of carbonyl (C=O) groups excluding carboxylic acids is 2. The molecular formula is C43H77O8P. The van der Waals surface area contributed by atoms with Crippen LogP contribution < -0.4 is 0 Å². The fourth-order valence-corrected chi connectivity index (χ4v) is 6.14. The second-order valence-corrected chi connectivity index (χ2v) is 15.2. The first-order valence-corrected chi connectivity index (χ1v) is 22.5. The molecule has 0 saturated carbocycles. The lowest BCUT2D eigenvalue weighted by atomic mass is 10.0. The highest BCUT2D eigenvalue weighted by Gasteiger charge is 2.22. The van der Waals surface area contributed by atoms with Crippen molar-refractivity contribution in [3.05, 3.63) is 48.6 Å². The molecule has 0 unspecified atom stereocenters. The highest BCUT2D eigenvalue weighted by Crippen LogP contribution is 2.36. The lowest BCUT2D eigenvalue weighted by Gasteiger charge is -2.18. The Labute approximate surface area is 318 Å². The van der Waals surface area contributed by atoms with Gasteiger partial charge in [-0.2, -0.15) is 0 Å². The normalized spacial score (nSPS) is 12.9. The molecule has 0 fully saturated rings. The third-order valence-electron chi connectivity index (χ3n) is 8.86. The summed E-state index contributed by atoms with van der Waals surface area (Å²) in [6.07, 6.45) is 46.9. The number of phosphoric ester groups is 1. The standard InChI is InChI=1S/C43H77O8P/c1-3-5-7-9-11-13-15-17-19-21-23-25-27-29-31-33-35-37-42(44)49-39-41(40-50-52(46,47)48)51-43(45)38-36-34-32-30-28-26-24-22-20-18-16-14-12-10-8-6-4-2/h5,7,11,13,17,19,23,25,41H,3-4,6,8-10,12,14-16,18,20-22,24,26-40H2,1-2H3,(H2,46,47,48)/b7-5-,13-11-,19-17-,25-23-/t41-/m1/s1. The molecule has 0 aliphatic rings. The smallest absolute Gasteiger partial charge is 0.462 e. The molecule has 52 heavy (non-hydrogen) atoms. The Hall–Kier alpha value is -1.99. The van der Waals surface area contributed by atoms with Gasteiger partial charge in [0, 0.05) is 12.8 Å². The van der Waals surface area contributed by atoms with Crippen molar-refractivity contribution in [2.24, 2.45) is 0 Å². The van der Waals surface area contributed by atoms with Gasteiger partial charge in [-0.25, -0.2) is 4.57 Å². The van der Waals surface area contributed by atoms with Crippen molar-refractivity contribution >= 4 is 19.8 Å². The van der Waals surface area contributed by atoms with Crippen molar-refractivity contribution in [3.63, 3.8) is 0 Å². The highest BCUT2D eigenvalue weighted by molar-refractivity contribution is 7.46. The van der Waals surface area contributed by atoms with E-state index in [1.807, 2.05) is 0 Å². The molecule has 0 saturated heterocycles. The van der Waals surface area contributed by atoms with Gasteiger partial charge in [0.2, 0.25) is 0 Å². The van der Waals surface area contributed by atoms with Gasteiger partial charge in [-0.1, -0.05) is 178 Å². The number of allylic oxidation sites excluding steroid dienone is 8. The number of hydrogen-bond acceptors (Lipinski definition) is 6. The molecule has 9 heteroatoms. The number of unbranched alkanes of at least 4 members (excludes halogenated alkanes) is 20. The van der Waals surface area contributed by atoms with Gasteiger partial charge >= 0.3 is 19.8 Å². The zero-order valence-corrected chi connectivity index (χ0v) is 34.1. The summed E-state index contributed by atoms with van der Waals surface area (Å²) in [7, 11) is -4.76. The summed E-state index contributed by atoms with van der Waals surface area (Å²) in [4.78, 5) is 42.8. The largest absolute Gasteiger partial charge is 0.469 e. The van der Waals surface area contributed by atoms with E-state index in [1.165, 1.54) is 83.5 Å². The molecule has 0 rings (SSSR count). The van der Waals surface area contributed by atoms with Crippen LogP contribution in [0.15, 0.2) is 48.6 Å². The summed E-state index contributed by atoms with van der Waals surface area (Å²) < 4.78 is 26.4. The fourth-order valence-electron chi connectivity index (χ4n) is 5.78. The second kappa shape index (κ2) is 38.7. The van der Waals surface area contributed by atoms with Crippen LogP contribution in [0, 0.1) is 0 Å². The third kappa shape index (κ3) is 40.8.